The third-order valence-corrected chi connectivity index (χ3v) is 3.45. The van der Waals surface area contributed by atoms with Gasteiger partial charge in [0.15, 0.2) is 0 Å². The fourth-order valence-corrected chi connectivity index (χ4v) is 2.47. The van der Waals surface area contributed by atoms with Crippen molar-refractivity contribution in [3.05, 3.63) is 51.2 Å². The zero-order valence-electron chi connectivity index (χ0n) is 10.7. The predicted molar refractivity (Wildman–Crippen MR) is 72.9 cm³/mol. The molecule has 1 aromatic heterocycles. The van der Waals surface area contributed by atoms with E-state index < -0.39 is 11.2 Å². The van der Waals surface area contributed by atoms with Gasteiger partial charge in [0.25, 0.3) is 5.56 Å². The maximum Gasteiger partial charge on any atom is 0.331 e. The lowest BCUT2D eigenvalue weighted by Gasteiger charge is -2.15. The highest BCUT2D eigenvalue weighted by Crippen LogP contribution is 2.28. The lowest BCUT2D eigenvalue weighted by Crippen LogP contribution is -2.33. The minimum absolute atomic E-state index is 0.108. The van der Waals surface area contributed by atoms with Crippen LogP contribution < -0.4 is 11.2 Å². The number of nitrogens with one attached hydrogen (secondary N) is 1. The summed E-state index contributed by atoms with van der Waals surface area (Å²) in [6.07, 6.45) is 0.633. The van der Waals surface area contributed by atoms with Crippen LogP contribution in [0.5, 0.6) is 5.88 Å². The van der Waals surface area contributed by atoms with Crippen LogP contribution in [0.3, 0.4) is 0 Å². The first-order chi connectivity index (χ1) is 9.68. The summed E-state index contributed by atoms with van der Waals surface area (Å²) in [5.74, 6) is -0.305. The Labute approximate surface area is 114 Å². The normalized spacial score (nSPS) is 18.3. The van der Waals surface area contributed by atoms with E-state index in [0.717, 1.165) is 0 Å². The van der Waals surface area contributed by atoms with Crippen LogP contribution in [0.15, 0.2) is 39.9 Å². The van der Waals surface area contributed by atoms with E-state index in [4.69, 9.17) is 4.74 Å². The van der Waals surface area contributed by atoms with Gasteiger partial charge in [0, 0.05) is 6.61 Å². The lowest BCUT2D eigenvalue weighted by molar-refractivity contribution is 0.183. The summed E-state index contributed by atoms with van der Waals surface area (Å²) in [5.41, 5.74) is -0.521. The van der Waals surface area contributed by atoms with E-state index in [9.17, 15) is 14.7 Å². The van der Waals surface area contributed by atoms with Crippen LogP contribution in [0.4, 0.5) is 0 Å². The molecule has 6 heteroatoms. The number of aromatic nitrogens is 2. The van der Waals surface area contributed by atoms with Crippen LogP contribution in [-0.4, -0.2) is 27.9 Å². The third kappa shape index (κ3) is 2.04. The standard InChI is InChI=1S/C14H14N2O4/c17-12-11(9-4-2-1-3-5-9)13(18)16(14(19)15-12)10-6-7-20-8-10/h1-5,10,18H,6-8H2,(H,15,17,19). The number of nitrogens with zero attached hydrogens (tertiary/aromatic N) is 1. The summed E-state index contributed by atoms with van der Waals surface area (Å²) in [6.45, 7) is 0.893. The van der Waals surface area contributed by atoms with Gasteiger partial charge in [0.05, 0.1) is 12.6 Å². The predicted octanol–water partition coefficient (Wildman–Crippen LogP) is 0.871. The smallest absolute Gasteiger partial charge is 0.331 e. The average molecular weight is 274 g/mol. The summed E-state index contributed by atoms with van der Waals surface area (Å²) in [5, 5.41) is 10.4. The number of H-pyrrole nitrogens is 1. The highest BCUT2D eigenvalue weighted by Gasteiger charge is 2.24. The van der Waals surface area contributed by atoms with Gasteiger partial charge in [0.1, 0.15) is 5.56 Å². The Bertz CT molecular complexity index is 727. The van der Waals surface area contributed by atoms with Gasteiger partial charge >= 0.3 is 5.69 Å². The van der Waals surface area contributed by atoms with Gasteiger partial charge in [-0.2, -0.15) is 0 Å². The molecule has 1 fully saturated rings. The van der Waals surface area contributed by atoms with Crippen molar-refractivity contribution in [2.75, 3.05) is 13.2 Å². The molecule has 2 aromatic rings. The second-order valence-electron chi connectivity index (χ2n) is 4.71. The van der Waals surface area contributed by atoms with E-state index in [1.165, 1.54) is 4.57 Å². The highest BCUT2D eigenvalue weighted by molar-refractivity contribution is 5.67. The lowest BCUT2D eigenvalue weighted by atomic mass is 10.1. The molecule has 6 nitrogen and oxygen atoms in total. The maximum absolute atomic E-state index is 12.0. The van der Waals surface area contributed by atoms with Crippen LogP contribution in [-0.2, 0) is 4.74 Å². The fourth-order valence-electron chi connectivity index (χ4n) is 2.47. The Morgan fingerprint density at radius 3 is 2.65 bits per heavy atom. The topological polar surface area (TPSA) is 84.3 Å². The molecular formula is C14H14N2O4. The van der Waals surface area contributed by atoms with Crippen molar-refractivity contribution in [3.8, 4) is 17.0 Å². The zero-order valence-corrected chi connectivity index (χ0v) is 10.7. The second-order valence-corrected chi connectivity index (χ2v) is 4.71. The largest absolute Gasteiger partial charge is 0.494 e. The van der Waals surface area contributed by atoms with Crippen LogP contribution in [0.1, 0.15) is 12.5 Å². The molecule has 0 radical (unpaired) electrons. The molecule has 2 N–H and O–H groups in total. The molecule has 0 bridgehead atoms. The van der Waals surface area contributed by atoms with Gasteiger partial charge < -0.3 is 9.84 Å². The summed E-state index contributed by atoms with van der Waals surface area (Å²) in [7, 11) is 0. The molecule has 1 aliphatic heterocycles. The summed E-state index contributed by atoms with van der Waals surface area (Å²) >= 11 is 0. The van der Waals surface area contributed by atoms with E-state index in [2.05, 4.69) is 4.98 Å². The zero-order chi connectivity index (χ0) is 14.1. The first-order valence-electron chi connectivity index (χ1n) is 6.39. The molecule has 0 amide bonds. The average Bonchev–Trinajstić information content (AvgIpc) is 2.93. The fraction of sp³-hybridized carbons (Fsp3) is 0.286. The van der Waals surface area contributed by atoms with Gasteiger partial charge in [0.2, 0.25) is 5.88 Å². The summed E-state index contributed by atoms with van der Waals surface area (Å²) in [6, 6.07) is 8.52. The van der Waals surface area contributed by atoms with E-state index in [-0.39, 0.29) is 17.5 Å². The van der Waals surface area contributed by atoms with Gasteiger partial charge in [-0.25, -0.2) is 4.79 Å². The quantitative estimate of drug-likeness (QED) is 0.851. The minimum atomic E-state index is -0.609. The van der Waals surface area contributed by atoms with Crippen molar-refractivity contribution >= 4 is 0 Å². The van der Waals surface area contributed by atoms with Crippen molar-refractivity contribution in [2.24, 2.45) is 0 Å². The van der Waals surface area contributed by atoms with E-state index in [0.29, 0.717) is 25.2 Å². The second kappa shape index (κ2) is 4.97. The van der Waals surface area contributed by atoms with E-state index >= 15 is 0 Å². The molecule has 1 unspecified atom stereocenters. The Kier molecular flexibility index (Phi) is 3.15. The Morgan fingerprint density at radius 1 is 1.25 bits per heavy atom. The van der Waals surface area contributed by atoms with Crippen molar-refractivity contribution in [1.29, 1.82) is 0 Å². The molecule has 3 rings (SSSR count). The molecule has 0 aliphatic carbocycles. The molecule has 1 saturated heterocycles. The highest BCUT2D eigenvalue weighted by atomic mass is 16.5. The molecule has 1 aliphatic rings. The molecule has 1 atom stereocenters. The van der Waals surface area contributed by atoms with Crippen molar-refractivity contribution in [3.63, 3.8) is 0 Å². The molecule has 20 heavy (non-hydrogen) atoms. The Hall–Kier alpha value is -2.34. The first kappa shape index (κ1) is 12.7. The van der Waals surface area contributed by atoms with Gasteiger partial charge in [-0.1, -0.05) is 30.3 Å². The maximum atomic E-state index is 12.0. The molecule has 1 aromatic carbocycles. The van der Waals surface area contributed by atoms with E-state index in [1.807, 2.05) is 6.07 Å². The monoisotopic (exact) mass is 274 g/mol. The van der Waals surface area contributed by atoms with Crippen LogP contribution >= 0.6 is 0 Å². The van der Waals surface area contributed by atoms with Gasteiger partial charge in [-0.05, 0) is 12.0 Å². The van der Waals surface area contributed by atoms with Crippen molar-refractivity contribution < 1.29 is 9.84 Å². The minimum Gasteiger partial charge on any atom is -0.494 e. The number of aromatic hydroxyl groups is 1. The number of hydrogen-bond donors (Lipinski definition) is 2. The molecule has 0 saturated carbocycles. The Balaban J connectivity index is 2.23. The molecule has 0 spiro atoms. The van der Waals surface area contributed by atoms with Crippen LogP contribution in [0.2, 0.25) is 0 Å². The number of hydrogen-bond acceptors (Lipinski definition) is 4. The van der Waals surface area contributed by atoms with Gasteiger partial charge in [-0.3, -0.25) is 14.3 Å². The van der Waals surface area contributed by atoms with Gasteiger partial charge in [-0.15, -0.1) is 0 Å². The molecule has 2 heterocycles. The molecular weight excluding hydrogens is 260 g/mol. The van der Waals surface area contributed by atoms with E-state index in [1.54, 1.807) is 24.3 Å². The van der Waals surface area contributed by atoms with Crippen molar-refractivity contribution in [2.45, 2.75) is 12.5 Å². The van der Waals surface area contributed by atoms with Crippen LogP contribution in [0.25, 0.3) is 11.1 Å². The van der Waals surface area contributed by atoms with Crippen molar-refractivity contribution in [1.82, 2.24) is 9.55 Å². The number of ether oxygens (including phenoxy) is 1. The molecule has 104 valence electrons. The third-order valence-electron chi connectivity index (χ3n) is 3.45. The van der Waals surface area contributed by atoms with Crippen LogP contribution in [0, 0.1) is 0 Å². The summed E-state index contributed by atoms with van der Waals surface area (Å²) < 4.78 is 6.44. The Morgan fingerprint density at radius 2 is 2.00 bits per heavy atom. The first-order valence-corrected chi connectivity index (χ1v) is 6.39. The number of aromatic amines is 1. The summed E-state index contributed by atoms with van der Waals surface area (Å²) in [4.78, 5) is 26.2. The SMILES string of the molecule is O=c1[nH]c(=O)n(C2CCOC2)c(O)c1-c1ccccc1. The number of benzene rings is 1. The number of rotatable bonds is 2.